The smallest absolute Gasteiger partial charge is 0.229 e. The Hall–Kier alpha value is -2.41. The van der Waals surface area contributed by atoms with E-state index in [9.17, 15) is 4.79 Å². The SMILES string of the molecule is CC(=O)N(CCc1noc(C(C)C)n1)C1CCCN(Cc2ccc3c(c2)CCO3)C1. The molecule has 0 spiro atoms. The normalized spacial score (nSPS) is 19.0. The average Bonchev–Trinajstić information content (AvgIpc) is 3.37. The Morgan fingerprint density at radius 3 is 3.00 bits per heavy atom. The quantitative estimate of drug-likeness (QED) is 0.696. The molecule has 0 bridgehead atoms. The molecule has 0 saturated carbocycles. The number of carbonyl (C=O) groups excluding carboxylic acids is 1. The summed E-state index contributed by atoms with van der Waals surface area (Å²) >= 11 is 0. The molecular weight excluding hydrogens is 380 g/mol. The lowest BCUT2D eigenvalue weighted by Gasteiger charge is -2.39. The summed E-state index contributed by atoms with van der Waals surface area (Å²) in [6, 6.07) is 6.76. The average molecular weight is 413 g/mol. The van der Waals surface area contributed by atoms with E-state index in [-0.39, 0.29) is 17.9 Å². The number of hydrogen-bond acceptors (Lipinski definition) is 6. The van der Waals surface area contributed by atoms with Crippen molar-refractivity contribution in [2.24, 2.45) is 0 Å². The van der Waals surface area contributed by atoms with Gasteiger partial charge < -0.3 is 14.2 Å². The van der Waals surface area contributed by atoms with E-state index in [0.717, 1.165) is 51.3 Å². The highest BCUT2D eigenvalue weighted by Gasteiger charge is 2.27. The molecule has 0 aliphatic carbocycles. The molecule has 2 aliphatic heterocycles. The molecule has 4 rings (SSSR count). The summed E-state index contributed by atoms with van der Waals surface area (Å²) in [7, 11) is 0. The first-order chi connectivity index (χ1) is 14.5. The van der Waals surface area contributed by atoms with Gasteiger partial charge in [0.2, 0.25) is 11.8 Å². The van der Waals surface area contributed by atoms with Crippen LogP contribution in [0.25, 0.3) is 0 Å². The number of amides is 1. The molecule has 0 radical (unpaired) electrons. The van der Waals surface area contributed by atoms with Crippen molar-refractivity contribution in [3.63, 3.8) is 0 Å². The lowest BCUT2D eigenvalue weighted by Crippen LogP contribution is -2.50. The Labute approximate surface area is 178 Å². The number of aromatic nitrogens is 2. The van der Waals surface area contributed by atoms with Crippen LogP contribution in [-0.2, 0) is 24.2 Å². The molecule has 30 heavy (non-hydrogen) atoms. The van der Waals surface area contributed by atoms with Crippen molar-refractivity contribution in [1.82, 2.24) is 19.9 Å². The van der Waals surface area contributed by atoms with Crippen LogP contribution in [0.5, 0.6) is 5.75 Å². The van der Waals surface area contributed by atoms with E-state index in [1.807, 2.05) is 18.7 Å². The van der Waals surface area contributed by atoms with E-state index in [1.165, 1.54) is 11.1 Å². The highest BCUT2D eigenvalue weighted by molar-refractivity contribution is 5.73. The lowest BCUT2D eigenvalue weighted by molar-refractivity contribution is -0.132. The second kappa shape index (κ2) is 9.16. The lowest BCUT2D eigenvalue weighted by atomic mass is 10.0. The molecule has 1 fully saturated rings. The molecule has 0 N–H and O–H groups in total. The van der Waals surface area contributed by atoms with Crippen LogP contribution in [-0.4, -0.2) is 58.1 Å². The van der Waals surface area contributed by atoms with Gasteiger partial charge in [-0.1, -0.05) is 31.1 Å². The van der Waals surface area contributed by atoms with Crippen LogP contribution >= 0.6 is 0 Å². The Morgan fingerprint density at radius 2 is 2.23 bits per heavy atom. The van der Waals surface area contributed by atoms with E-state index < -0.39 is 0 Å². The summed E-state index contributed by atoms with van der Waals surface area (Å²) in [4.78, 5) is 21.3. The third kappa shape index (κ3) is 4.83. The van der Waals surface area contributed by atoms with Gasteiger partial charge in [-0.05, 0) is 36.6 Å². The summed E-state index contributed by atoms with van der Waals surface area (Å²) in [5, 5.41) is 4.07. The zero-order valence-corrected chi connectivity index (χ0v) is 18.3. The van der Waals surface area contributed by atoms with Crippen molar-refractivity contribution in [3.05, 3.63) is 41.0 Å². The predicted octanol–water partition coefficient (Wildman–Crippen LogP) is 3.18. The standard InChI is InChI=1S/C23H32N4O3/c1-16(2)23-24-22(25-30-23)8-11-27(17(3)28)20-5-4-10-26(15-20)14-18-6-7-21-19(13-18)9-12-29-21/h6-7,13,16,20H,4-5,8-12,14-15H2,1-3H3. The summed E-state index contributed by atoms with van der Waals surface area (Å²) in [5.41, 5.74) is 2.63. The molecule has 1 aromatic carbocycles. The Kier molecular flexibility index (Phi) is 6.37. The number of hydrogen-bond donors (Lipinski definition) is 0. The zero-order chi connectivity index (χ0) is 21.1. The van der Waals surface area contributed by atoms with Gasteiger partial charge in [-0.25, -0.2) is 0 Å². The molecule has 3 heterocycles. The van der Waals surface area contributed by atoms with Gasteiger partial charge >= 0.3 is 0 Å². The molecular formula is C23H32N4O3. The number of fused-ring (bicyclic) bond motifs is 1. The minimum atomic E-state index is 0.115. The number of benzene rings is 1. The predicted molar refractivity (Wildman–Crippen MR) is 113 cm³/mol. The van der Waals surface area contributed by atoms with Crippen molar-refractivity contribution in [2.45, 2.75) is 65.0 Å². The van der Waals surface area contributed by atoms with Crippen LogP contribution in [0.3, 0.4) is 0 Å². The van der Waals surface area contributed by atoms with Crippen LogP contribution < -0.4 is 4.74 Å². The molecule has 2 aromatic rings. The van der Waals surface area contributed by atoms with E-state index in [4.69, 9.17) is 9.26 Å². The van der Waals surface area contributed by atoms with Crippen molar-refractivity contribution < 1.29 is 14.1 Å². The molecule has 1 unspecified atom stereocenters. The molecule has 162 valence electrons. The van der Waals surface area contributed by atoms with Gasteiger partial charge in [0.05, 0.1) is 6.61 Å². The van der Waals surface area contributed by atoms with E-state index >= 15 is 0 Å². The number of rotatable bonds is 7. The topological polar surface area (TPSA) is 71.7 Å². The first-order valence-corrected chi connectivity index (χ1v) is 11.1. The number of piperidine rings is 1. The first-order valence-electron chi connectivity index (χ1n) is 11.1. The van der Waals surface area contributed by atoms with Gasteiger partial charge in [0.1, 0.15) is 5.75 Å². The maximum Gasteiger partial charge on any atom is 0.229 e. The summed E-state index contributed by atoms with van der Waals surface area (Å²) in [5.74, 6) is 2.69. The van der Waals surface area contributed by atoms with Crippen molar-refractivity contribution >= 4 is 5.91 Å². The maximum atomic E-state index is 12.4. The fraction of sp³-hybridized carbons (Fsp3) is 0.609. The third-order valence-electron chi connectivity index (χ3n) is 6.04. The first kappa shape index (κ1) is 20.8. The van der Waals surface area contributed by atoms with Gasteiger partial charge in [0.25, 0.3) is 0 Å². The number of nitrogens with zero attached hydrogens (tertiary/aromatic N) is 4. The van der Waals surface area contributed by atoms with Gasteiger partial charge in [-0.2, -0.15) is 4.98 Å². The fourth-order valence-corrected chi connectivity index (χ4v) is 4.45. The van der Waals surface area contributed by atoms with Crippen LogP contribution in [0.1, 0.15) is 62.4 Å². The van der Waals surface area contributed by atoms with Crippen molar-refractivity contribution in [1.29, 1.82) is 0 Å². The van der Waals surface area contributed by atoms with Gasteiger partial charge in [0.15, 0.2) is 5.82 Å². The molecule has 1 aromatic heterocycles. The van der Waals surface area contributed by atoms with Crippen LogP contribution in [0.4, 0.5) is 0 Å². The van der Waals surface area contributed by atoms with E-state index in [1.54, 1.807) is 6.92 Å². The minimum Gasteiger partial charge on any atom is -0.493 e. The van der Waals surface area contributed by atoms with Gasteiger partial charge in [-0.15, -0.1) is 0 Å². The van der Waals surface area contributed by atoms with Gasteiger partial charge in [0, 0.05) is 51.4 Å². The third-order valence-corrected chi connectivity index (χ3v) is 6.04. The van der Waals surface area contributed by atoms with E-state index in [0.29, 0.717) is 24.7 Å². The van der Waals surface area contributed by atoms with E-state index in [2.05, 4.69) is 33.2 Å². The van der Waals surface area contributed by atoms with Gasteiger partial charge in [-0.3, -0.25) is 9.69 Å². The van der Waals surface area contributed by atoms with Crippen LogP contribution in [0.2, 0.25) is 0 Å². The zero-order valence-electron chi connectivity index (χ0n) is 18.3. The molecule has 2 aliphatic rings. The Morgan fingerprint density at radius 1 is 1.37 bits per heavy atom. The maximum absolute atomic E-state index is 12.4. The molecule has 1 saturated heterocycles. The Bertz CT molecular complexity index is 879. The number of carbonyl (C=O) groups is 1. The summed E-state index contributed by atoms with van der Waals surface area (Å²) < 4.78 is 10.9. The van der Waals surface area contributed by atoms with Crippen molar-refractivity contribution in [2.75, 3.05) is 26.2 Å². The molecule has 7 nitrogen and oxygen atoms in total. The van der Waals surface area contributed by atoms with Crippen LogP contribution in [0.15, 0.2) is 22.7 Å². The summed E-state index contributed by atoms with van der Waals surface area (Å²) in [6.45, 7) is 10.0. The highest BCUT2D eigenvalue weighted by Crippen LogP contribution is 2.27. The fourth-order valence-electron chi connectivity index (χ4n) is 4.45. The second-order valence-corrected chi connectivity index (χ2v) is 8.74. The monoisotopic (exact) mass is 412 g/mol. The number of likely N-dealkylation sites (tertiary alicyclic amines) is 1. The molecule has 1 atom stereocenters. The minimum absolute atomic E-state index is 0.115. The Balaban J connectivity index is 1.36. The summed E-state index contributed by atoms with van der Waals surface area (Å²) in [6.07, 6.45) is 3.76. The van der Waals surface area contributed by atoms with Crippen LogP contribution in [0, 0.1) is 0 Å². The number of ether oxygens (including phenoxy) is 1. The molecule has 7 heteroatoms. The molecule has 1 amide bonds. The van der Waals surface area contributed by atoms with Crippen molar-refractivity contribution in [3.8, 4) is 5.75 Å². The largest absolute Gasteiger partial charge is 0.493 e. The second-order valence-electron chi connectivity index (χ2n) is 8.74. The highest BCUT2D eigenvalue weighted by atomic mass is 16.5.